The second-order valence-corrected chi connectivity index (χ2v) is 2.85. The molecule has 0 saturated heterocycles. The van der Waals surface area contributed by atoms with Gasteiger partial charge in [0.25, 0.3) is 0 Å². The Labute approximate surface area is 68.6 Å². The minimum absolute atomic E-state index is 0.0509. The molecule has 1 aliphatic rings. The third-order valence-electron chi connectivity index (χ3n) is 2.18. The Bertz CT molecular complexity index is 121. The van der Waals surface area contributed by atoms with Crippen molar-refractivity contribution in [3.05, 3.63) is 0 Å². The molecule has 2 atom stereocenters. The zero-order valence-corrected chi connectivity index (χ0v) is 7.63. The summed E-state index contributed by atoms with van der Waals surface area (Å²) < 4.78 is 0. The Morgan fingerprint density at radius 2 is 1.91 bits per heavy atom. The van der Waals surface area contributed by atoms with Crippen molar-refractivity contribution < 1.29 is 9.90 Å². The van der Waals surface area contributed by atoms with Crippen LogP contribution in [-0.2, 0) is 4.79 Å². The summed E-state index contributed by atoms with van der Waals surface area (Å²) in [7, 11) is 0. The highest BCUT2D eigenvalue weighted by Crippen LogP contribution is 2.30. The van der Waals surface area contributed by atoms with Crippen LogP contribution in [0.2, 0.25) is 0 Å². The molecule has 0 radical (unpaired) electrons. The largest absolute Gasteiger partial charge is 0.481 e. The van der Waals surface area contributed by atoms with E-state index in [0.29, 0.717) is 5.92 Å². The van der Waals surface area contributed by atoms with Gasteiger partial charge in [0.15, 0.2) is 0 Å². The van der Waals surface area contributed by atoms with Crippen molar-refractivity contribution in [3.63, 3.8) is 0 Å². The van der Waals surface area contributed by atoms with E-state index in [-0.39, 0.29) is 5.92 Å². The van der Waals surface area contributed by atoms with Crippen molar-refractivity contribution in [2.75, 3.05) is 0 Å². The van der Waals surface area contributed by atoms with E-state index in [1.807, 2.05) is 20.8 Å². The van der Waals surface area contributed by atoms with Crippen LogP contribution in [0.3, 0.4) is 0 Å². The molecule has 0 aromatic carbocycles. The summed E-state index contributed by atoms with van der Waals surface area (Å²) in [5, 5.41) is 8.58. The lowest BCUT2D eigenvalue weighted by Crippen LogP contribution is -2.15. The molecular formula is C9H18O2. The quantitative estimate of drug-likeness (QED) is 0.636. The van der Waals surface area contributed by atoms with Crippen molar-refractivity contribution in [1.82, 2.24) is 0 Å². The topological polar surface area (TPSA) is 37.3 Å². The van der Waals surface area contributed by atoms with Gasteiger partial charge in [0.05, 0.1) is 5.92 Å². The van der Waals surface area contributed by atoms with E-state index in [4.69, 9.17) is 5.11 Å². The molecule has 1 fully saturated rings. The number of carboxylic acid groups (broad SMARTS) is 1. The highest BCUT2D eigenvalue weighted by atomic mass is 16.4. The van der Waals surface area contributed by atoms with E-state index in [0.717, 1.165) is 19.3 Å². The minimum atomic E-state index is -0.611. The van der Waals surface area contributed by atoms with Crippen LogP contribution in [0.5, 0.6) is 0 Å². The summed E-state index contributed by atoms with van der Waals surface area (Å²) in [5.74, 6) is -0.257. The number of rotatable bonds is 1. The lowest BCUT2D eigenvalue weighted by Gasteiger charge is -2.07. The Hall–Kier alpha value is -0.530. The van der Waals surface area contributed by atoms with Crippen LogP contribution in [0.15, 0.2) is 0 Å². The first-order valence-corrected chi connectivity index (χ1v) is 4.44. The van der Waals surface area contributed by atoms with Crippen LogP contribution in [0.1, 0.15) is 40.0 Å². The van der Waals surface area contributed by atoms with Gasteiger partial charge in [0.2, 0.25) is 0 Å². The molecule has 0 bridgehead atoms. The van der Waals surface area contributed by atoms with Crippen molar-refractivity contribution in [2.45, 2.75) is 40.0 Å². The summed E-state index contributed by atoms with van der Waals surface area (Å²) in [4.78, 5) is 10.4. The Balaban J connectivity index is 0.000000461. The van der Waals surface area contributed by atoms with E-state index in [1.54, 1.807) is 0 Å². The molecule has 66 valence electrons. The van der Waals surface area contributed by atoms with Gasteiger partial charge in [0, 0.05) is 0 Å². The van der Waals surface area contributed by atoms with Gasteiger partial charge in [-0.1, -0.05) is 27.2 Å². The van der Waals surface area contributed by atoms with Crippen LogP contribution >= 0.6 is 0 Å². The Kier molecular flexibility index (Phi) is 4.92. The van der Waals surface area contributed by atoms with Crippen molar-refractivity contribution in [3.8, 4) is 0 Å². The fourth-order valence-corrected chi connectivity index (χ4v) is 1.51. The lowest BCUT2D eigenvalue weighted by atomic mass is 9.99. The molecule has 1 saturated carbocycles. The number of aliphatic carboxylic acids is 1. The van der Waals surface area contributed by atoms with Crippen molar-refractivity contribution in [2.24, 2.45) is 11.8 Å². The van der Waals surface area contributed by atoms with Gasteiger partial charge >= 0.3 is 5.97 Å². The average Bonchev–Trinajstić information content (AvgIpc) is 2.39. The van der Waals surface area contributed by atoms with E-state index in [9.17, 15) is 4.79 Å². The van der Waals surface area contributed by atoms with Crippen molar-refractivity contribution >= 4 is 5.97 Å². The maximum atomic E-state index is 10.4. The maximum Gasteiger partial charge on any atom is 0.306 e. The molecule has 0 aromatic rings. The molecule has 1 rings (SSSR count). The fraction of sp³-hybridized carbons (Fsp3) is 0.889. The zero-order chi connectivity index (χ0) is 8.85. The van der Waals surface area contributed by atoms with Crippen molar-refractivity contribution in [1.29, 1.82) is 0 Å². The molecule has 1 aliphatic carbocycles. The van der Waals surface area contributed by atoms with Gasteiger partial charge in [-0.05, 0) is 18.8 Å². The molecule has 1 N–H and O–H groups in total. The lowest BCUT2D eigenvalue weighted by molar-refractivity contribution is -0.142. The third-order valence-corrected chi connectivity index (χ3v) is 2.18. The summed E-state index contributed by atoms with van der Waals surface area (Å²) >= 11 is 0. The summed E-state index contributed by atoms with van der Waals surface area (Å²) in [6.45, 7) is 6.02. The second-order valence-electron chi connectivity index (χ2n) is 2.85. The first kappa shape index (κ1) is 10.5. The molecule has 0 amide bonds. The first-order chi connectivity index (χ1) is 5.22. The van der Waals surface area contributed by atoms with E-state index in [1.165, 1.54) is 0 Å². The Morgan fingerprint density at radius 3 is 2.09 bits per heavy atom. The normalized spacial score (nSPS) is 29.0. The van der Waals surface area contributed by atoms with Crippen LogP contribution in [0, 0.1) is 11.8 Å². The molecule has 11 heavy (non-hydrogen) atoms. The standard InChI is InChI=1S/C7H12O2.C2H6/c1-5-3-2-4-6(5)7(8)9;1-2/h5-6H,2-4H2,1H3,(H,8,9);1-2H3/t5?,6-;/m1./s1. The summed E-state index contributed by atoms with van der Waals surface area (Å²) in [6, 6.07) is 0. The predicted molar refractivity (Wildman–Crippen MR) is 45.5 cm³/mol. The molecule has 0 heterocycles. The number of carbonyl (C=O) groups is 1. The molecule has 2 heteroatoms. The predicted octanol–water partition coefficient (Wildman–Crippen LogP) is 2.53. The summed E-state index contributed by atoms with van der Waals surface area (Å²) in [6.07, 6.45) is 3.08. The molecule has 0 aliphatic heterocycles. The Morgan fingerprint density at radius 1 is 1.36 bits per heavy atom. The summed E-state index contributed by atoms with van der Waals surface area (Å²) in [5.41, 5.74) is 0. The van der Waals surface area contributed by atoms with Gasteiger partial charge < -0.3 is 5.11 Å². The average molecular weight is 158 g/mol. The SMILES string of the molecule is CC.CC1CCC[C@H]1C(=O)O. The number of hydrogen-bond donors (Lipinski definition) is 1. The number of carboxylic acids is 1. The smallest absolute Gasteiger partial charge is 0.306 e. The van der Waals surface area contributed by atoms with E-state index >= 15 is 0 Å². The van der Waals surface area contributed by atoms with Gasteiger partial charge in [0.1, 0.15) is 0 Å². The van der Waals surface area contributed by atoms with Crippen LogP contribution in [0.25, 0.3) is 0 Å². The fourth-order valence-electron chi connectivity index (χ4n) is 1.51. The van der Waals surface area contributed by atoms with Gasteiger partial charge in [-0.3, -0.25) is 4.79 Å². The molecule has 1 unspecified atom stereocenters. The van der Waals surface area contributed by atoms with E-state index in [2.05, 4.69) is 0 Å². The minimum Gasteiger partial charge on any atom is -0.481 e. The maximum absolute atomic E-state index is 10.4. The molecule has 0 spiro atoms. The molecular weight excluding hydrogens is 140 g/mol. The first-order valence-electron chi connectivity index (χ1n) is 4.44. The monoisotopic (exact) mass is 158 g/mol. The molecule has 0 aromatic heterocycles. The molecule has 2 nitrogen and oxygen atoms in total. The second kappa shape index (κ2) is 5.16. The van der Waals surface area contributed by atoms with Gasteiger partial charge in [-0.25, -0.2) is 0 Å². The highest BCUT2D eigenvalue weighted by molar-refractivity contribution is 5.70. The van der Waals surface area contributed by atoms with Gasteiger partial charge in [-0.2, -0.15) is 0 Å². The zero-order valence-electron chi connectivity index (χ0n) is 7.63. The van der Waals surface area contributed by atoms with Gasteiger partial charge in [-0.15, -0.1) is 0 Å². The van der Waals surface area contributed by atoms with E-state index < -0.39 is 5.97 Å². The number of hydrogen-bond acceptors (Lipinski definition) is 1. The highest BCUT2D eigenvalue weighted by Gasteiger charge is 2.28. The van der Waals surface area contributed by atoms with Crippen LogP contribution in [-0.4, -0.2) is 11.1 Å². The third kappa shape index (κ3) is 2.91. The van der Waals surface area contributed by atoms with Crippen LogP contribution in [0.4, 0.5) is 0 Å². The van der Waals surface area contributed by atoms with Crippen LogP contribution < -0.4 is 0 Å².